The maximum Gasteiger partial charge on any atom is 0.246 e. The summed E-state index contributed by atoms with van der Waals surface area (Å²) in [7, 11) is 1.61. The minimum atomic E-state index is -0.287. The molecule has 114 valence electrons. The SMILES string of the molecule is COc1ccc(C)cc1/C=C/C(=O)N1CCOC(CO)C1. The van der Waals surface area contributed by atoms with Crippen LogP contribution in [0.2, 0.25) is 0 Å². The van der Waals surface area contributed by atoms with Crippen molar-refractivity contribution in [3.63, 3.8) is 0 Å². The van der Waals surface area contributed by atoms with E-state index in [4.69, 9.17) is 14.6 Å². The number of ether oxygens (including phenoxy) is 2. The summed E-state index contributed by atoms with van der Waals surface area (Å²) < 4.78 is 10.6. The van der Waals surface area contributed by atoms with Gasteiger partial charge in [0.2, 0.25) is 5.91 Å². The molecule has 1 amide bonds. The van der Waals surface area contributed by atoms with E-state index in [1.165, 1.54) is 6.08 Å². The Morgan fingerprint density at radius 1 is 1.57 bits per heavy atom. The molecule has 5 heteroatoms. The van der Waals surface area contributed by atoms with E-state index in [2.05, 4.69) is 0 Å². The molecule has 1 saturated heterocycles. The molecule has 1 atom stereocenters. The van der Waals surface area contributed by atoms with E-state index in [0.717, 1.165) is 16.9 Å². The molecule has 0 aliphatic carbocycles. The van der Waals surface area contributed by atoms with Gasteiger partial charge in [0.15, 0.2) is 0 Å². The number of benzene rings is 1. The van der Waals surface area contributed by atoms with Gasteiger partial charge in [-0.05, 0) is 25.1 Å². The Balaban J connectivity index is 2.06. The smallest absolute Gasteiger partial charge is 0.246 e. The number of hydrogen-bond donors (Lipinski definition) is 1. The number of aryl methyl sites for hydroxylation is 1. The molecule has 1 heterocycles. The second-order valence-corrected chi connectivity index (χ2v) is 5.04. The number of methoxy groups -OCH3 is 1. The Labute approximate surface area is 124 Å². The van der Waals surface area contributed by atoms with Gasteiger partial charge in [-0.15, -0.1) is 0 Å². The zero-order valence-corrected chi connectivity index (χ0v) is 12.4. The predicted molar refractivity (Wildman–Crippen MR) is 80.2 cm³/mol. The zero-order valence-electron chi connectivity index (χ0n) is 12.4. The Morgan fingerprint density at radius 3 is 3.10 bits per heavy atom. The first kappa shape index (κ1) is 15.5. The van der Waals surface area contributed by atoms with Crippen LogP contribution in [0, 0.1) is 6.92 Å². The van der Waals surface area contributed by atoms with E-state index >= 15 is 0 Å². The monoisotopic (exact) mass is 291 g/mol. The molecular weight excluding hydrogens is 270 g/mol. The third-order valence-electron chi connectivity index (χ3n) is 3.44. The molecule has 1 aliphatic rings. The van der Waals surface area contributed by atoms with Gasteiger partial charge in [-0.25, -0.2) is 0 Å². The van der Waals surface area contributed by atoms with Crippen LogP contribution < -0.4 is 4.74 Å². The van der Waals surface area contributed by atoms with Crippen molar-refractivity contribution in [2.45, 2.75) is 13.0 Å². The average Bonchev–Trinajstić information content (AvgIpc) is 2.52. The highest BCUT2D eigenvalue weighted by atomic mass is 16.5. The standard InChI is InChI=1S/C16H21NO4/c1-12-3-5-15(20-2)13(9-12)4-6-16(19)17-7-8-21-14(10-17)11-18/h3-6,9,14,18H,7-8,10-11H2,1-2H3/b6-4+. The lowest BCUT2D eigenvalue weighted by Gasteiger charge is -2.31. The highest BCUT2D eigenvalue weighted by Crippen LogP contribution is 2.21. The summed E-state index contributed by atoms with van der Waals surface area (Å²) in [6.45, 7) is 3.35. The van der Waals surface area contributed by atoms with Crippen molar-refractivity contribution >= 4 is 12.0 Å². The van der Waals surface area contributed by atoms with Crippen LogP contribution in [0.1, 0.15) is 11.1 Å². The zero-order chi connectivity index (χ0) is 15.2. The first-order chi connectivity index (χ1) is 10.1. The maximum atomic E-state index is 12.2. The largest absolute Gasteiger partial charge is 0.496 e. The molecule has 0 saturated carbocycles. The van der Waals surface area contributed by atoms with E-state index in [9.17, 15) is 4.79 Å². The third kappa shape index (κ3) is 4.06. The molecule has 21 heavy (non-hydrogen) atoms. The molecule has 0 bridgehead atoms. The lowest BCUT2D eigenvalue weighted by Crippen LogP contribution is -2.46. The second-order valence-electron chi connectivity index (χ2n) is 5.04. The van der Waals surface area contributed by atoms with Crippen LogP contribution in [0.3, 0.4) is 0 Å². The first-order valence-corrected chi connectivity index (χ1v) is 6.98. The number of carbonyl (C=O) groups is 1. The Bertz CT molecular complexity index is 527. The molecule has 5 nitrogen and oxygen atoms in total. The summed E-state index contributed by atoms with van der Waals surface area (Å²) in [5.74, 6) is 0.653. The van der Waals surface area contributed by atoms with Gasteiger partial charge in [-0.3, -0.25) is 4.79 Å². The highest BCUT2D eigenvalue weighted by molar-refractivity contribution is 5.92. The van der Waals surface area contributed by atoms with Crippen LogP contribution in [0.4, 0.5) is 0 Å². The van der Waals surface area contributed by atoms with Gasteiger partial charge in [-0.1, -0.05) is 11.6 Å². The van der Waals surface area contributed by atoms with Gasteiger partial charge in [0.1, 0.15) is 5.75 Å². The Kier molecular flexibility index (Phi) is 5.36. The molecule has 0 radical (unpaired) electrons. The summed E-state index contributed by atoms with van der Waals surface area (Å²) in [5.41, 5.74) is 1.98. The van der Waals surface area contributed by atoms with E-state index < -0.39 is 0 Å². The summed E-state index contributed by atoms with van der Waals surface area (Å²) in [6.07, 6.45) is 3.01. The van der Waals surface area contributed by atoms with Crippen LogP contribution >= 0.6 is 0 Å². The van der Waals surface area contributed by atoms with Gasteiger partial charge in [-0.2, -0.15) is 0 Å². The van der Waals surface area contributed by atoms with Gasteiger partial charge in [0.25, 0.3) is 0 Å². The van der Waals surface area contributed by atoms with Crippen molar-refractivity contribution in [2.24, 2.45) is 0 Å². The Hall–Kier alpha value is -1.85. The molecule has 2 rings (SSSR count). The van der Waals surface area contributed by atoms with Crippen molar-refractivity contribution in [3.05, 3.63) is 35.4 Å². The molecule has 0 aromatic heterocycles. The fourth-order valence-electron chi connectivity index (χ4n) is 2.28. The topological polar surface area (TPSA) is 59.0 Å². The molecule has 1 aliphatic heterocycles. The van der Waals surface area contributed by atoms with Crippen molar-refractivity contribution in [1.29, 1.82) is 0 Å². The van der Waals surface area contributed by atoms with Gasteiger partial charge < -0.3 is 19.5 Å². The number of hydrogen-bond acceptors (Lipinski definition) is 4. The van der Waals surface area contributed by atoms with Crippen molar-refractivity contribution in [3.8, 4) is 5.75 Å². The number of amides is 1. The number of aliphatic hydroxyl groups excluding tert-OH is 1. The number of carbonyl (C=O) groups excluding carboxylic acids is 1. The van der Waals surface area contributed by atoms with E-state index in [1.807, 2.05) is 25.1 Å². The van der Waals surface area contributed by atoms with Crippen LogP contribution in [0.15, 0.2) is 24.3 Å². The van der Waals surface area contributed by atoms with Gasteiger partial charge in [0, 0.05) is 24.7 Å². The molecule has 1 N–H and O–H groups in total. The van der Waals surface area contributed by atoms with E-state index in [1.54, 1.807) is 18.1 Å². The van der Waals surface area contributed by atoms with Crippen LogP contribution in [-0.4, -0.2) is 55.4 Å². The average molecular weight is 291 g/mol. The molecule has 0 spiro atoms. The van der Waals surface area contributed by atoms with Crippen molar-refractivity contribution < 1.29 is 19.4 Å². The van der Waals surface area contributed by atoms with E-state index in [-0.39, 0.29) is 18.6 Å². The summed E-state index contributed by atoms with van der Waals surface area (Å²) in [4.78, 5) is 13.9. The van der Waals surface area contributed by atoms with Crippen LogP contribution in [0.25, 0.3) is 6.08 Å². The molecular formula is C16H21NO4. The quantitative estimate of drug-likeness (QED) is 0.848. The normalized spacial score (nSPS) is 19.0. The first-order valence-electron chi connectivity index (χ1n) is 6.98. The highest BCUT2D eigenvalue weighted by Gasteiger charge is 2.22. The fraction of sp³-hybridized carbons (Fsp3) is 0.438. The molecule has 1 unspecified atom stereocenters. The number of rotatable bonds is 4. The van der Waals surface area contributed by atoms with Gasteiger partial charge in [0.05, 0.1) is 26.4 Å². The molecule has 1 fully saturated rings. The minimum Gasteiger partial charge on any atom is -0.496 e. The lowest BCUT2D eigenvalue weighted by atomic mass is 10.1. The van der Waals surface area contributed by atoms with Crippen molar-refractivity contribution in [1.82, 2.24) is 4.90 Å². The van der Waals surface area contributed by atoms with E-state index in [0.29, 0.717) is 19.7 Å². The third-order valence-corrected chi connectivity index (χ3v) is 3.44. The van der Waals surface area contributed by atoms with Crippen LogP contribution in [0.5, 0.6) is 5.75 Å². The number of aliphatic hydroxyl groups is 1. The minimum absolute atomic E-state index is 0.0702. The Morgan fingerprint density at radius 2 is 2.38 bits per heavy atom. The number of morpholine rings is 1. The summed E-state index contributed by atoms with van der Waals surface area (Å²) in [6, 6.07) is 5.82. The maximum absolute atomic E-state index is 12.2. The predicted octanol–water partition coefficient (Wildman–Crippen LogP) is 1.24. The van der Waals surface area contributed by atoms with Crippen LogP contribution in [-0.2, 0) is 9.53 Å². The lowest BCUT2D eigenvalue weighted by molar-refractivity contribution is -0.134. The number of nitrogens with zero attached hydrogens (tertiary/aromatic N) is 1. The fourth-order valence-corrected chi connectivity index (χ4v) is 2.28. The van der Waals surface area contributed by atoms with Gasteiger partial charge >= 0.3 is 0 Å². The summed E-state index contributed by atoms with van der Waals surface area (Å²) in [5, 5.41) is 9.10. The molecule has 1 aromatic rings. The summed E-state index contributed by atoms with van der Waals surface area (Å²) >= 11 is 0. The van der Waals surface area contributed by atoms with Crippen molar-refractivity contribution in [2.75, 3.05) is 33.4 Å². The second kappa shape index (κ2) is 7.24. The molecule has 1 aromatic carbocycles.